The molecule has 0 fully saturated rings. The van der Waals surface area contributed by atoms with E-state index in [9.17, 15) is 0 Å². The Hall–Kier alpha value is -1.69. The molecule has 0 heterocycles. The van der Waals surface area contributed by atoms with Crippen LogP contribution in [-0.2, 0) is 11.1 Å². The van der Waals surface area contributed by atoms with Crippen molar-refractivity contribution in [3.63, 3.8) is 0 Å². The summed E-state index contributed by atoms with van der Waals surface area (Å²) in [6.45, 7) is 12.1. The highest BCUT2D eigenvalue weighted by Crippen LogP contribution is 2.30. The summed E-state index contributed by atoms with van der Waals surface area (Å²) in [6, 6.07) is 12.3. The molecule has 134 valence electrons. The molecule has 0 atom stereocenters. The smallest absolute Gasteiger partial charge is 0.0892 e. The maximum atomic E-state index is 6.15. The molecule has 2 aromatic carbocycles. The van der Waals surface area contributed by atoms with E-state index < -0.39 is 0 Å². The number of benzene rings is 2. The summed E-state index contributed by atoms with van der Waals surface area (Å²) in [6.07, 6.45) is 0. The summed E-state index contributed by atoms with van der Waals surface area (Å²) in [4.78, 5) is 1.08. The van der Waals surface area contributed by atoms with Crippen molar-refractivity contribution in [3.05, 3.63) is 58.7 Å². The number of nitrogens with two attached hydrogens (primary N) is 2. The highest BCUT2D eigenvalue weighted by Gasteiger charge is 2.16. The van der Waals surface area contributed by atoms with Gasteiger partial charge in [0, 0.05) is 27.9 Å². The molecule has 5 heteroatoms. The number of hydrogen-bond donors (Lipinski definition) is 2. The van der Waals surface area contributed by atoms with Crippen molar-refractivity contribution in [2.45, 2.75) is 57.5 Å². The molecule has 0 radical (unpaired) electrons. The third kappa shape index (κ3) is 5.14. The van der Waals surface area contributed by atoms with Gasteiger partial charge in [-0.1, -0.05) is 24.3 Å². The van der Waals surface area contributed by atoms with Gasteiger partial charge in [0.25, 0.3) is 0 Å². The lowest BCUT2D eigenvalue weighted by molar-refractivity contribution is 0.553. The van der Waals surface area contributed by atoms with Crippen molar-refractivity contribution in [1.82, 2.24) is 0 Å². The zero-order valence-corrected chi connectivity index (χ0v) is 16.7. The summed E-state index contributed by atoms with van der Waals surface area (Å²) >= 11 is 1.37. The van der Waals surface area contributed by atoms with E-state index in [4.69, 9.17) is 11.5 Å². The lowest BCUT2D eigenvalue weighted by atomic mass is 9.94. The van der Waals surface area contributed by atoms with E-state index in [2.05, 4.69) is 34.8 Å². The highest BCUT2D eigenvalue weighted by molar-refractivity contribution is 7.98. The van der Waals surface area contributed by atoms with Crippen molar-refractivity contribution >= 4 is 17.6 Å². The van der Waals surface area contributed by atoms with Crippen LogP contribution in [0.15, 0.2) is 50.9 Å². The van der Waals surface area contributed by atoms with Crippen LogP contribution < -0.4 is 11.5 Å². The van der Waals surface area contributed by atoms with Crippen molar-refractivity contribution in [2.24, 2.45) is 21.1 Å². The molecule has 0 spiro atoms. The van der Waals surface area contributed by atoms with Crippen LogP contribution in [0.1, 0.15) is 49.9 Å². The van der Waals surface area contributed by atoms with Gasteiger partial charge in [0.2, 0.25) is 0 Å². The second kappa shape index (κ2) is 7.28. The highest BCUT2D eigenvalue weighted by atomic mass is 32.2. The summed E-state index contributed by atoms with van der Waals surface area (Å²) in [5.41, 5.74) is 16.9. The van der Waals surface area contributed by atoms with E-state index in [0.29, 0.717) is 0 Å². The normalized spacial score (nSPS) is 12.8. The Bertz CT molecular complexity index is 783. The second-order valence-corrected chi connectivity index (χ2v) is 8.48. The lowest BCUT2D eigenvalue weighted by Gasteiger charge is -2.20. The Kier molecular flexibility index (Phi) is 5.72. The first kappa shape index (κ1) is 19.6. The molecule has 25 heavy (non-hydrogen) atoms. The minimum atomic E-state index is -0.356. The monoisotopic (exact) mass is 356 g/mol. The minimum absolute atomic E-state index is 0.342. The van der Waals surface area contributed by atoms with E-state index in [-0.39, 0.29) is 11.1 Å². The zero-order valence-electron chi connectivity index (χ0n) is 15.9. The molecule has 2 rings (SSSR count). The van der Waals surface area contributed by atoms with Gasteiger partial charge in [-0.3, -0.25) is 0 Å². The van der Waals surface area contributed by atoms with Gasteiger partial charge in [-0.2, -0.15) is 0 Å². The molecule has 0 aliphatic heterocycles. The van der Waals surface area contributed by atoms with E-state index in [1.807, 2.05) is 52.8 Å². The third-order valence-corrected chi connectivity index (χ3v) is 4.97. The van der Waals surface area contributed by atoms with Crippen LogP contribution in [0.3, 0.4) is 0 Å². The fraction of sp³-hybridized carbons (Fsp3) is 0.400. The first-order chi connectivity index (χ1) is 11.5. The van der Waals surface area contributed by atoms with Gasteiger partial charge in [-0.05, 0) is 75.9 Å². The molecule has 0 amide bonds. The average Bonchev–Trinajstić information content (AvgIpc) is 2.48. The topological polar surface area (TPSA) is 76.8 Å². The van der Waals surface area contributed by atoms with Gasteiger partial charge in [-0.25, -0.2) is 0 Å². The number of hydrogen-bond acceptors (Lipinski definition) is 5. The van der Waals surface area contributed by atoms with Crippen LogP contribution in [0.5, 0.6) is 0 Å². The Morgan fingerprint density at radius 2 is 1.32 bits per heavy atom. The van der Waals surface area contributed by atoms with E-state index in [1.165, 1.54) is 11.9 Å². The maximum absolute atomic E-state index is 6.15. The summed E-state index contributed by atoms with van der Waals surface area (Å²) in [7, 11) is 0. The van der Waals surface area contributed by atoms with Crippen molar-refractivity contribution in [2.75, 3.05) is 0 Å². The molecule has 0 aliphatic rings. The molecule has 0 saturated carbocycles. The molecule has 0 aliphatic carbocycles. The molecule has 0 unspecified atom stereocenters. The van der Waals surface area contributed by atoms with Gasteiger partial charge in [-0.15, -0.1) is 9.63 Å². The van der Waals surface area contributed by atoms with Gasteiger partial charge in [0.15, 0.2) is 0 Å². The van der Waals surface area contributed by atoms with Crippen molar-refractivity contribution in [1.29, 1.82) is 0 Å². The van der Waals surface area contributed by atoms with Gasteiger partial charge in [0.05, 0.1) is 5.69 Å². The summed E-state index contributed by atoms with van der Waals surface area (Å²) in [5, 5.41) is 4.36. The van der Waals surface area contributed by atoms with Crippen molar-refractivity contribution in [3.8, 4) is 0 Å². The van der Waals surface area contributed by atoms with Gasteiger partial charge >= 0.3 is 0 Å². The van der Waals surface area contributed by atoms with Crippen molar-refractivity contribution < 1.29 is 0 Å². The molecule has 0 saturated heterocycles. The van der Waals surface area contributed by atoms with E-state index in [1.54, 1.807) is 0 Å². The predicted molar refractivity (Wildman–Crippen MR) is 107 cm³/mol. The van der Waals surface area contributed by atoms with Gasteiger partial charge < -0.3 is 11.5 Å². The largest absolute Gasteiger partial charge is 0.322 e. The summed E-state index contributed by atoms with van der Waals surface area (Å²) in [5.74, 6) is 0. The van der Waals surface area contributed by atoms with Crippen LogP contribution in [0.2, 0.25) is 0 Å². The number of rotatable bonds is 5. The molecule has 4 nitrogen and oxygen atoms in total. The molecular weight excluding hydrogens is 328 g/mol. The quantitative estimate of drug-likeness (QED) is 0.550. The zero-order chi connectivity index (χ0) is 18.8. The SMILES string of the molecule is Cc1cc(C(C)(C)N)ccc1/N=N/Sc1ccc(C(C)(C)N)cc1C. The second-order valence-electron chi connectivity index (χ2n) is 7.70. The number of aryl methyl sites for hydroxylation is 2. The Morgan fingerprint density at radius 1 is 0.800 bits per heavy atom. The summed E-state index contributed by atoms with van der Waals surface area (Å²) < 4.78 is 4.30. The average molecular weight is 357 g/mol. The third-order valence-electron chi connectivity index (χ3n) is 4.15. The van der Waals surface area contributed by atoms with Crippen LogP contribution >= 0.6 is 11.9 Å². The first-order valence-electron chi connectivity index (χ1n) is 8.36. The standard InChI is InChI=1S/C20H28N4S/c1-13-11-15(19(3,4)21)7-9-17(13)23-24-25-18-10-8-16(12-14(18)2)20(5,6)22/h7-12H,21-22H2,1-6H3/b24-23+. The Balaban J connectivity index is 2.14. The lowest BCUT2D eigenvalue weighted by Crippen LogP contribution is -2.28. The number of nitrogens with zero attached hydrogens (tertiary/aromatic N) is 2. The Morgan fingerprint density at radius 3 is 1.80 bits per heavy atom. The molecule has 4 N–H and O–H groups in total. The Labute approximate surface area is 155 Å². The molecule has 0 bridgehead atoms. The predicted octanol–water partition coefficient (Wildman–Crippen LogP) is 5.48. The molecule has 2 aromatic rings. The maximum Gasteiger partial charge on any atom is 0.0892 e. The first-order valence-corrected chi connectivity index (χ1v) is 9.14. The van der Waals surface area contributed by atoms with E-state index >= 15 is 0 Å². The fourth-order valence-electron chi connectivity index (χ4n) is 2.43. The minimum Gasteiger partial charge on any atom is -0.322 e. The van der Waals surface area contributed by atoms with Gasteiger partial charge in [0.1, 0.15) is 0 Å². The molecule has 0 aromatic heterocycles. The van der Waals surface area contributed by atoms with Crippen LogP contribution in [0, 0.1) is 13.8 Å². The van der Waals surface area contributed by atoms with Crippen LogP contribution in [0.4, 0.5) is 5.69 Å². The fourth-order valence-corrected chi connectivity index (χ4v) is 2.98. The van der Waals surface area contributed by atoms with E-state index in [0.717, 1.165) is 32.8 Å². The van der Waals surface area contributed by atoms with Crippen LogP contribution in [-0.4, -0.2) is 0 Å². The molecular formula is C20H28N4S. The van der Waals surface area contributed by atoms with Crippen LogP contribution in [0.25, 0.3) is 0 Å².